The third kappa shape index (κ3) is 3.38. The SMILES string of the molecule is CCN1C(=O)NC(=Cc2ccc(OCC(N)=O)cc2)C1=O. The average Bonchev–Trinajstić information content (AvgIpc) is 2.72. The molecule has 1 aliphatic heterocycles. The predicted molar refractivity (Wildman–Crippen MR) is 75.0 cm³/mol. The number of nitrogens with zero attached hydrogens (tertiary/aromatic N) is 1. The molecule has 0 radical (unpaired) electrons. The van der Waals surface area contributed by atoms with Crippen LogP contribution in [0.3, 0.4) is 0 Å². The van der Waals surface area contributed by atoms with E-state index >= 15 is 0 Å². The summed E-state index contributed by atoms with van der Waals surface area (Å²) in [6.07, 6.45) is 1.58. The Kier molecular flexibility index (Phi) is 4.22. The number of carbonyl (C=O) groups is 3. The second kappa shape index (κ2) is 6.08. The topological polar surface area (TPSA) is 102 Å². The quantitative estimate of drug-likeness (QED) is 0.607. The number of rotatable bonds is 5. The van der Waals surface area contributed by atoms with Gasteiger partial charge < -0.3 is 15.8 Å². The maximum atomic E-state index is 11.9. The van der Waals surface area contributed by atoms with Crippen molar-refractivity contribution in [2.24, 2.45) is 5.73 Å². The van der Waals surface area contributed by atoms with Crippen molar-refractivity contribution in [2.75, 3.05) is 13.2 Å². The molecule has 0 bridgehead atoms. The fourth-order valence-electron chi connectivity index (χ4n) is 1.84. The number of nitrogens with two attached hydrogens (primary N) is 1. The fourth-order valence-corrected chi connectivity index (χ4v) is 1.84. The van der Waals surface area contributed by atoms with Gasteiger partial charge in [0, 0.05) is 6.54 Å². The summed E-state index contributed by atoms with van der Waals surface area (Å²) in [4.78, 5) is 35.1. The smallest absolute Gasteiger partial charge is 0.328 e. The van der Waals surface area contributed by atoms with Gasteiger partial charge in [-0.3, -0.25) is 14.5 Å². The zero-order valence-corrected chi connectivity index (χ0v) is 11.5. The van der Waals surface area contributed by atoms with Crippen LogP contribution < -0.4 is 15.8 Å². The summed E-state index contributed by atoms with van der Waals surface area (Å²) in [5.41, 5.74) is 5.93. The number of primary amides is 1. The van der Waals surface area contributed by atoms with Crippen LogP contribution in [0.2, 0.25) is 0 Å². The molecular formula is C14H15N3O4. The Labute approximate surface area is 121 Å². The lowest BCUT2D eigenvalue weighted by Crippen LogP contribution is -2.30. The molecule has 0 aromatic heterocycles. The Morgan fingerprint density at radius 1 is 1.33 bits per heavy atom. The van der Waals surface area contributed by atoms with Crippen molar-refractivity contribution in [1.82, 2.24) is 10.2 Å². The minimum atomic E-state index is -0.555. The summed E-state index contributed by atoms with van der Waals surface area (Å²) in [6, 6.07) is 6.28. The molecule has 0 aliphatic carbocycles. The first kappa shape index (κ1) is 14.6. The van der Waals surface area contributed by atoms with Gasteiger partial charge in [-0.05, 0) is 30.7 Å². The number of hydrogen-bond acceptors (Lipinski definition) is 4. The Bertz CT molecular complexity index is 607. The molecular weight excluding hydrogens is 274 g/mol. The largest absolute Gasteiger partial charge is 0.484 e. The van der Waals surface area contributed by atoms with E-state index in [2.05, 4.69) is 5.32 Å². The fraction of sp³-hybridized carbons (Fsp3) is 0.214. The molecule has 0 unspecified atom stereocenters. The number of ether oxygens (including phenoxy) is 1. The molecule has 0 saturated carbocycles. The van der Waals surface area contributed by atoms with E-state index in [4.69, 9.17) is 10.5 Å². The maximum Gasteiger partial charge on any atom is 0.328 e. The molecule has 1 fully saturated rings. The molecule has 7 heteroatoms. The van der Waals surface area contributed by atoms with E-state index in [-0.39, 0.29) is 18.2 Å². The summed E-state index contributed by atoms with van der Waals surface area (Å²) in [5, 5.41) is 2.51. The van der Waals surface area contributed by atoms with Crippen LogP contribution >= 0.6 is 0 Å². The van der Waals surface area contributed by atoms with Gasteiger partial charge in [-0.25, -0.2) is 4.79 Å². The summed E-state index contributed by atoms with van der Waals surface area (Å²) >= 11 is 0. The second-order valence-corrected chi connectivity index (χ2v) is 4.36. The third-order valence-electron chi connectivity index (χ3n) is 2.85. The lowest BCUT2D eigenvalue weighted by Gasteiger charge is -2.06. The van der Waals surface area contributed by atoms with Crippen molar-refractivity contribution >= 4 is 23.9 Å². The number of benzene rings is 1. The molecule has 21 heavy (non-hydrogen) atoms. The van der Waals surface area contributed by atoms with Gasteiger partial charge in [-0.15, -0.1) is 0 Å². The molecule has 1 aliphatic rings. The van der Waals surface area contributed by atoms with E-state index in [9.17, 15) is 14.4 Å². The lowest BCUT2D eigenvalue weighted by atomic mass is 10.2. The first-order chi connectivity index (χ1) is 10.0. The number of amides is 4. The molecule has 3 N–H and O–H groups in total. The summed E-state index contributed by atoms with van der Waals surface area (Å²) in [6.45, 7) is 1.85. The zero-order valence-electron chi connectivity index (χ0n) is 11.5. The lowest BCUT2D eigenvalue weighted by molar-refractivity contribution is -0.122. The van der Waals surface area contributed by atoms with Crippen molar-refractivity contribution < 1.29 is 19.1 Å². The van der Waals surface area contributed by atoms with E-state index in [1.54, 1.807) is 37.3 Å². The number of hydrogen-bond donors (Lipinski definition) is 2. The molecule has 0 atom stereocenters. The monoisotopic (exact) mass is 289 g/mol. The van der Waals surface area contributed by atoms with Crippen LogP contribution in [0.4, 0.5) is 4.79 Å². The van der Waals surface area contributed by atoms with Crippen LogP contribution in [0.5, 0.6) is 5.75 Å². The Morgan fingerprint density at radius 3 is 2.52 bits per heavy atom. The van der Waals surface area contributed by atoms with Gasteiger partial charge in [0.15, 0.2) is 6.61 Å². The average molecular weight is 289 g/mol. The predicted octanol–water partition coefficient (Wildman–Crippen LogP) is 0.463. The molecule has 4 amide bonds. The van der Waals surface area contributed by atoms with Crippen molar-refractivity contribution in [2.45, 2.75) is 6.92 Å². The van der Waals surface area contributed by atoms with Gasteiger partial charge >= 0.3 is 6.03 Å². The number of likely N-dealkylation sites (N-methyl/N-ethyl adjacent to an activating group) is 1. The van der Waals surface area contributed by atoms with E-state index < -0.39 is 11.9 Å². The Balaban J connectivity index is 2.09. The minimum absolute atomic E-state index is 0.194. The van der Waals surface area contributed by atoms with Gasteiger partial charge in [0.25, 0.3) is 11.8 Å². The van der Waals surface area contributed by atoms with Crippen molar-refractivity contribution in [3.05, 3.63) is 35.5 Å². The van der Waals surface area contributed by atoms with Crippen LogP contribution in [0.1, 0.15) is 12.5 Å². The van der Waals surface area contributed by atoms with Gasteiger partial charge in [0.05, 0.1) is 0 Å². The molecule has 110 valence electrons. The summed E-state index contributed by atoms with van der Waals surface area (Å²) in [5.74, 6) is -0.412. The summed E-state index contributed by atoms with van der Waals surface area (Å²) in [7, 11) is 0. The standard InChI is InChI=1S/C14H15N3O4/c1-2-17-13(19)11(16-14(17)20)7-9-3-5-10(6-4-9)21-8-12(15)18/h3-7H,2,8H2,1H3,(H2,15,18)(H,16,20). The van der Waals surface area contributed by atoms with Crippen molar-refractivity contribution in [3.63, 3.8) is 0 Å². The van der Waals surface area contributed by atoms with Gasteiger partial charge in [-0.1, -0.05) is 12.1 Å². The van der Waals surface area contributed by atoms with Gasteiger partial charge in [0.2, 0.25) is 0 Å². The van der Waals surface area contributed by atoms with Crippen LogP contribution in [0, 0.1) is 0 Å². The van der Waals surface area contributed by atoms with E-state index in [1.165, 1.54) is 0 Å². The highest BCUT2D eigenvalue weighted by molar-refractivity contribution is 6.13. The number of nitrogens with one attached hydrogen (secondary N) is 1. The van der Waals surface area contributed by atoms with Crippen LogP contribution in [0.25, 0.3) is 6.08 Å². The van der Waals surface area contributed by atoms with Crippen LogP contribution in [-0.4, -0.2) is 35.9 Å². The molecule has 1 heterocycles. The minimum Gasteiger partial charge on any atom is -0.484 e. The normalized spacial score (nSPS) is 16.2. The highest BCUT2D eigenvalue weighted by Gasteiger charge is 2.31. The van der Waals surface area contributed by atoms with Crippen LogP contribution in [-0.2, 0) is 9.59 Å². The van der Waals surface area contributed by atoms with E-state index in [0.717, 1.165) is 10.5 Å². The number of imide groups is 1. The summed E-state index contributed by atoms with van der Waals surface area (Å²) < 4.78 is 5.12. The Morgan fingerprint density at radius 2 is 2.00 bits per heavy atom. The highest BCUT2D eigenvalue weighted by Crippen LogP contribution is 2.17. The number of carbonyl (C=O) groups excluding carboxylic acids is 3. The first-order valence-corrected chi connectivity index (χ1v) is 6.37. The molecule has 1 aromatic rings. The molecule has 0 spiro atoms. The van der Waals surface area contributed by atoms with E-state index in [1.807, 2.05) is 0 Å². The van der Waals surface area contributed by atoms with Gasteiger partial charge in [0.1, 0.15) is 11.4 Å². The molecule has 2 rings (SSSR count). The van der Waals surface area contributed by atoms with E-state index in [0.29, 0.717) is 12.3 Å². The third-order valence-corrected chi connectivity index (χ3v) is 2.85. The zero-order chi connectivity index (χ0) is 15.4. The second-order valence-electron chi connectivity index (χ2n) is 4.36. The molecule has 1 saturated heterocycles. The molecule has 1 aromatic carbocycles. The molecule has 7 nitrogen and oxygen atoms in total. The maximum absolute atomic E-state index is 11.9. The highest BCUT2D eigenvalue weighted by atomic mass is 16.5. The van der Waals surface area contributed by atoms with Crippen molar-refractivity contribution in [1.29, 1.82) is 0 Å². The van der Waals surface area contributed by atoms with Crippen LogP contribution in [0.15, 0.2) is 30.0 Å². The number of urea groups is 1. The first-order valence-electron chi connectivity index (χ1n) is 6.37. The van der Waals surface area contributed by atoms with Crippen molar-refractivity contribution in [3.8, 4) is 5.75 Å². The Hall–Kier alpha value is -2.83. The van der Waals surface area contributed by atoms with Gasteiger partial charge in [-0.2, -0.15) is 0 Å².